The first kappa shape index (κ1) is 13.9. The number of carbonyl (C=O) groups excluding carboxylic acids is 1. The van der Waals surface area contributed by atoms with E-state index in [0.29, 0.717) is 6.61 Å². The van der Waals surface area contributed by atoms with Crippen LogP contribution in [0.4, 0.5) is 0 Å². The van der Waals surface area contributed by atoms with E-state index in [1.165, 1.54) is 5.56 Å². The van der Waals surface area contributed by atoms with Crippen molar-refractivity contribution in [3.63, 3.8) is 0 Å². The normalized spacial score (nSPS) is 14.7. The van der Waals surface area contributed by atoms with Gasteiger partial charge in [0.15, 0.2) is 5.75 Å². The van der Waals surface area contributed by atoms with Crippen molar-refractivity contribution in [1.29, 1.82) is 0 Å². The number of hydrogen-bond donors (Lipinski definition) is 0. The molecule has 1 heterocycles. The first-order valence-electron chi connectivity index (χ1n) is 6.80. The Bertz CT molecular complexity index is 459. The highest BCUT2D eigenvalue weighted by Gasteiger charge is 2.18. The van der Waals surface area contributed by atoms with Crippen molar-refractivity contribution in [2.75, 3.05) is 6.54 Å². The van der Waals surface area contributed by atoms with Gasteiger partial charge in [0.2, 0.25) is 5.91 Å². The zero-order valence-electron chi connectivity index (χ0n) is 11.8. The van der Waals surface area contributed by atoms with E-state index in [1.54, 1.807) is 6.92 Å². The number of carbonyl (C=O) groups is 1. The molecule has 0 aromatic heterocycles. The molecule has 0 fully saturated rings. The third-order valence-corrected chi connectivity index (χ3v) is 3.43. The summed E-state index contributed by atoms with van der Waals surface area (Å²) in [6.07, 6.45) is 1.81. The van der Waals surface area contributed by atoms with E-state index in [0.717, 1.165) is 30.7 Å². The highest BCUT2D eigenvalue weighted by Crippen LogP contribution is 2.27. The zero-order valence-corrected chi connectivity index (χ0v) is 11.8. The van der Waals surface area contributed by atoms with Gasteiger partial charge < -0.3 is 9.79 Å². The third kappa shape index (κ3) is 3.26. The second-order valence-corrected chi connectivity index (χ2v) is 5.05. The van der Waals surface area contributed by atoms with Crippen LogP contribution in [-0.4, -0.2) is 23.4 Å². The van der Waals surface area contributed by atoms with Crippen LogP contribution in [0.2, 0.25) is 0 Å². The molecule has 2 rings (SSSR count). The molecule has 1 aromatic rings. The number of rotatable bonds is 5. The second-order valence-electron chi connectivity index (χ2n) is 5.05. The number of hydrogen-bond acceptors (Lipinski definition) is 3. The van der Waals surface area contributed by atoms with Gasteiger partial charge >= 0.3 is 0 Å². The zero-order chi connectivity index (χ0) is 13.8. The summed E-state index contributed by atoms with van der Waals surface area (Å²) in [6, 6.07) is 6.31. The van der Waals surface area contributed by atoms with E-state index in [-0.39, 0.29) is 11.9 Å². The van der Waals surface area contributed by atoms with Crippen LogP contribution in [0.3, 0.4) is 0 Å². The maximum absolute atomic E-state index is 11.6. The van der Waals surface area contributed by atoms with E-state index < -0.39 is 0 Å². The molecular formula is C15H21NO3. The quantitative estimate of drug-likeness (QED) is 0.767. The van der Waals surface area contributed by atoms with Gasteiger partial charge in [0.05, 0.1) is 0 Å². The van der Waals surface area contributed by atoms with Crippen molar-refractivity contribution in [3.8, 4) is 5.75 Å². The van der Waals surface area contributed by atoms with Crippen molar-refractivity contribution in [2.45, 2.75) is 46.3 Å². The fourth-order valence-electron chi connectivity index (χ4n) is 2.46. The summed E-state index contributed by atoms with van der Waals surface area (Å²) in [4.78, 5) is 23.6. The average Bonchev–Trinajstić information content (AvgIpc) is 2.82. The van der Waals surface area contributed by atoms with E-state index in [4.69, 9.17) is 9.78 Å². The molecule has 0 radical (unpaired) electrons. The molecule has 0 spiro atoms. The minimum atomic E-state index is 0.134. The van der Waals surface area contributed by atoms with Gasteiger partial charge in [-0.3, -0.25) is 4.79 Å². The molecule has 1 atom stereocenters. The highest BCUT2D eigenvalue weighted by molar-refractivity contribution is 5.73. The molecule has 0 bridgehead atoms. The predicted molar refractivity (Wildman–Crippen MR) is 72.7 cm³/mol. The molecule has 104 valence electrons. The Kier molecular flexibility index (Phi) is 4.43. The summed E-state index contributed by atoms with van der Waals surface area (Å²) < 4.78 is 0. The van der Waals surface area contributed by atoms with Crippen LogP contribution in [0.15, 0.2) is 18.2 Å². The van der Waals surface area contributed by atoms with Crippen LogP contribution in [0.5, 0.6) is 5.75 Å². The third-order valence-electron chi connectivity index (χ3n) is 3.43. The standard InChI is InChI=1S/C15H21NO3/c1-4-7-16(12(3)17)11(2)8-13-5-6-14-10-18-19-15(14)9-13/h5-6,9,11H,4,7-8,10H2,1-3H3. The Morgan fingerprint density at radius 1 is 1.47 bits per heavy atom. The van der Waals surface area contributed by atoms with Crippen molar-refractivity contribution >= 4 is 5.91 Å². The van der Waals surface area contributed by atoms with Crippen molar-refractivity contribution in [1.82, 2.24) is 4.90 Å². The molecule has 1 amide bonds. The molecule has 0 aliphatic carbocycles. The number of amides is 1. The fourth-order valence-corrected chi connectivity index (χ4v) is 2.46. The molecule has 1 aliphatic heterocycles. The van der Waals surface area contributed by atoms with Crippen LogP contribution >= 0.6 is 0 Å². The lowest BCUT2D eigenvalue weighted by Crippen LogP contribution is -2.38. The van der Waals surface area contributed by atoms with Crippen molar-refractivity contribution in [2.24, 2.45) is 0 Å². The molecule has 4 heteroatoms. The van der Waals surface area contributed by atoms with E-state index in [2.05, 4.69) is 19.9 Å². The Balaban J connectivity index is 2.05. The lowest BCUT2D eigenvalue weighted by Gasteiger charge is -2.28. The van der Waals surface area contributed by atoms with Crippen LogP contribution in [-0.2, 0) is 22.7 Å². The van der Waals surface area contributed by atoms with Gasteiger partial charge in [0.25, 0.3) is 0 Å². The lowest BCUT2D eigenvalue weighted by molar-refractivity contribution is -0.194. The van der Waals surface area contributed by atoms with Crippen LogP contribution < -0.4 is 4.89 Å². The Morgan fingerprint density at radius 3 is 2.95 bits per heavy atom. The number of benzene rings is 1. The van der Waals surface area contributed by atoms with Gasteiger partial charge in [-0.15, -0.1) is 0 Å². The first-order chi connectivity index (χ1) is 9.11. The molecule has 19 heavy (non-hydrogen) atoms. The number of fused-ring (bicyclic) bond motifs is 1. The SMILES string of the molecule is CCCN(C(C)=O)C(C)Cc1ccc2c(c1)OOC2. The molecule has 4 nitrogen and oxygen atoms in total. The van der Waals surface area contributed by atoms with Gasteiger partial charge in [-0.1, -0.05) is 19.1 Å². The predicted octanol–water partition coefficient (Wildman–Crippen LogP) is 2.70. The largest absolute Gasteiger partial charge is 0.340 e. The second kappa shape index (κ2) is 6.06. The molecule has 0 saturated carbocycles. The topological polar surface area (TPSA) is 38.8 Å². The minimum absolute atomic E-state index is 0.134. The van der Waals surface area contributed by atoms with Gasteiger partial charge in [0.1, 0.15) is 6.61 Å². The Hall–Kier alpha value is -1.55. The average molecular weight is 263 g/mol. The smallest absolute Gasteiger partial charge is 0.219 e. The monoisotopic (exact) mass is 263 g/mol. The molecule has 0 saturated heterocycles. The van der Waals surface area contributed by atoms with Crippen molar-refractivity contribution in [3.05, 3.63) is 29.3 Å². The molecule has 0 N–H and O–H groups in total. The molecular weight excluding hydrogens is 242 g/mol. The Labute approximate surface area is 114 Å². The van der Waals surface area contributed by atoms with Gasteiger partial charge in [0, 0.05) is 25.1 Å². The number of nitrogens with zero attached hydrogens (tertiary/aromatic N) is 1. The Morgan fingerprint density at radius 2 is 2.26 bits per heavy atom. The maximum atomic E-state index is 11.6. The first-order valence-corrected chi connectivity index (χ1v) is 6.80. The summed E-state index contributed by atoms with van der Waals surface area (Å²) in [5.41, 5.74) is 2.24. The summed E-state index contributed by atoms with van der Waals surface area (Å²) in [5.74, 6) is 0.935. The molecule has 1 unspecified atom stereocenters. The fraction of sp³-hybridized carbons (Fsp3) is 0.533. The summed E-state index contributed by atoms with van der Waals surface area (Å²) in [7, 11) is 0. The summed E-state index contributed by atoms with van der Waals surface area (Å²) in [5, 5.41) is 0. The van der Waals surface area contributed by atoms with E-state index in [9.17, 15) is 4.79 Å². The van der Waals surface area contributed by atoms with Crippen LogP contribution in [0, 0.1) is 0 Å². The minimum Gasteiger partial charge on any atom is -0.340 e. The van der Waals surface area contributed by atoms with Gasteiger partial charge in [-0.25, -0.2) is 0 Å². The maximum Gasteiger partial charge on any atom is 0.219 e. The van der Waals surface area contributed by atoms with Gasteiger partial charge in [-0.2, -0.15) is 4.89 Å². The van der Waals surface area contributed by atoms with Crippen molar-refractivity contribution < 1.29 is 14.6 Å². The summed E-state index contributed by atoms with van der Waals surface area (Å²) in [6.45, 7) is 7.12. The summed E-state index contributed by atoms with van der Waals surface area (Å²) >= 11 is 0. The highest BCUT2D eigenvalue weighted by atomic mass is 17.2. The van der Waals surface area contributed by atoms with Crippen LogP contribution in [0.25, 0.3) is 0 Å². The lowest BCUT2D eigenvalue weighted by atomic mass is 10.0. The molecule has 1 aliphatic rings. The van der Waals surface area contributed by atoms with E-state index >= 15 is 0 Å². The van der Waals surface area contributed by atoms with E-state index in [1.807, 2.05) is 17.0 Å². The van der Waals surface area contributed by atoms with Crippen LogP contribution in [0.1, 0.15) is 38.3 Å². The molecule has 1 aromatic carbocycles. The van der Waals surface area contributed by atoms with Gasteiger partial charge in [-0.05, 0) is 31.4 Å².